The van der Waals surface area contributed by atoms with Gasteiger partial charge in [-0.1, -0.05) is 6.07 Å². The van der Waals surface area contributed by atoms with Gasteiger partial charge < -0.3 is 26.2 Å². The van der Waals surface area contributed by atoms with Crippen molar-refractivity contribution >= 4 is 24.0 Å². The van der Waals surface area contributed by atoms with E-state index in [0.717, 1.165) is 92.3 Å². The molecule has 1 aromatic heterocycles. The van der Waals surface area contributed by atoms with Crippen LogP contribution in [0.3, 0.4) is 0 Å². The Kier molecular flexibility index (Phi) is 7.06. The van der Waals surface area contributed by atoms with Gasteiger partial charge in [-0.3, -0.25) is 9.93 Å². The Morgan fingerprint density at radius 2 is 2.16 bits per heavy atom. The largest absolute Gasteiger partial charge is 0.476 e. The number of amides is 1. The number of aromatic nitrogens is 2. The molecule has 1 atom stereocenters. The molecule has 9 nitrogen and oxygen atoms in total. The minimum Gasteiger partial charge on any atom is -0.476 e. The molecular weight excluding hydrogens is 428 g/mol. The number of benzene rings is 1. The molecule has 0 saturated carbocycles. The molecule has 32 heavy (non-hydrogen) atoms. The summed E-state index contributed by atoms with van der Waals surface area (Å²) in [5.41, 5.74) is 10.5. The molecule has 10 heteroatoms. The summed E-state index contributed by atoms with van der Waals surface area (Å²) in [5.74, 6) is 0.829. The van der Waals surface area contributed by atoms with Gasteiger partial charge in [-0.15, -0.1) is 0 Å². The standard InChI is InChI=1S/C13H15NO2.C8H12N4OS.CH5N/c15-7-14-13-9-3-1-2-8(9)6-11-10(13)4-5-12(11)16;9-14-6-1-11-12-4-8(2-10-3-8)5-13-7(6)12;1-2/h6-7,12,16H,1-5H2,(H,14,15);1,10H,2-5,9H2;2H2,1H3. The first-order valence-corrected chi connectivity index (χ1v) is 11.9. The van der Waals surface area contributed by atoms with E-state index in [4.69, 9.17) is 9.88 Å². The summed E-state index contributed by atoms with van der Waals surface area (Å²) in [5, 5.41) is 25.8. The van der Waals surface area contributed by atoms with Crippen LogP contribution < -0.4 is 26.2 Å². The van der Waals surface area contributed by atoms with Crippen LogP contribution in [-0.2, 0) is 30.6 Å². The van der Waals surface area contributed by atoms with Gasteiger partial charge in [0, 0.05) is 24.2 Å². The maximum Gasteiger partial charge on any atom is 0.227 e. The Morgan fingerprint density at radius 1 is 1.34 bits per heavy atom. The number of nitrogens with two attached hydrogens (primary N) is 2. The third-order valence-corrected chi connectivity index (χ3v) is 7.19. The second-order valence-corrected chi connectivity index (χ2v) is 9.28. The van der Waals surface area contributed by atoms with Gasteiger partial charge >= 0.3 is 0 Å². The van der Waals surface area contributed by atoms with E-state index in [9.17, 15) is 9.90 Å². The highest BCUT2D eigenvalue weighted by atomic mass is 32.2. The molecule has 7 N–H and O–H groups in total. The lowest BCUT2D eigenvalue weighted by atomic mass is 9.82. The maximum absolute atomic E-state index is 10.7. The van der Waals surface area contributed by atoms with Crippen molar-refractivity contribution in [3.8, 4) is 5.88 Å². The van der Waals surface area contributed by atoms with E-state index in [1.54, 1.807) is 6.20 Å². The first-order chi connectivity index (χ1) is 15.6. The monoisotopic (exact) mass is 460 g/mol. The van der Waals surface area contributed by atoms with Crippen molar-refractivity contribution in [3.63, 3.8) is 0 Å². The van der Waals surface area contributed by atoms with Crippen LogP contribution in [0.25, 0.3) is 0 Å². The Balaban J connectivity index is 0.000000143. The van der Waals surface area contributed by atoms with Crippen molar-refractivity contribution in [1.29, 1.82) is 0 Å². The first-order valence-electron chi connectivity index (χ1n) is 11.0. The number of nitrogens with one attached hydrogen (secondary N) is 2. The van der Waals surface area contributed by atoms with E-state index < -0.39 is 0 Å². The zero-order chi connectivity index (χ0) is 22.7. The fraction of sp³-hybridized carbons (Fsp3) is 0.545. The summed E-state index contributed by atoms with van der Waals surface area (Å²) in [6, 6.07) is 2.14. The molecule has 1 amide bonds. The number of carbonyl (C=O) groups is 1. The summed E-state index contributed by atoms with van der Waals surface area (Å²) in [4.78, 5) is 11.6. The fourth-order valence-corrected chi connectivity index (χ4v) is 5.40. The Hall–Kier alpha value is -2.11. The third-order valence-electron chi connectivity index (χ3n) is 6.66. The molecule has 2 aliphatic heterocycles. The highest BCUT2D eigenvalue weighted by Gasteiger charge is 2.42. The van der Waals surface area contributed by atoms with E-state index >= 15 is 0 Å². The van der Waals surface area contributed by atoms with Crippen molar-refractivity contribution in [2.45, 2.75) is 49.6 Å². The average molecular weight is 461 g/mol. The SMILES string of the molecule is CN.NSc1cnn2c1OCC1(CNC1)C2.O=CNc1c2c(cc3c1CCC3O)CCC2. The van der Waals surface area contributed by atoms with E-state index in [2.05, 4.69) is 27.5 Å². The second kappa shape index (κ2) is 9.80. The number of rotatable bonds is 3. The number of aryl methyl sites for hydroxylation is 1. The second-order valence-electron chi connectivity index (χ2n) is 8.61. The molecule has 3 heterocycles. The van der Waals surface area contributed by atoms with Gasteiger partial charge in [-0.05, 0) is 73.4 Å². The van der Waals surface area contributed by atoms with Crippen LogP contribution in [0.2, 0.25) is 0 Å². The number of carbonyl (C=O) groups excluding carboxylic acids is 1. The van der Waals surface area contributed by atoms with Crippen molar-refractivity contribution in [3.05, 3.63) is 34.5 Å². The number of fused-ring (bicyclic) bond motifs is 3. The number of aliphatic hydroxyl groups excluding tert-OH is 1. The van der Waals surface area contributed by atoms with Gasteiger partial charge in [-0.25, -0.2) is 4.68 Å². The Bertz CT molecular complexity index is 975. The molecule has 2 aromatic rings. The van der Waals surface area contributed by atoms with Crippen LogP contribution in [0, 0.1) is 5.41 Å². The van der Waals surface area contributed by atoms with E-state index in [-0.39, 0.29) is 11.5 Å². The highest BCUT2D eigenvalue weighted by Crippen LogP contribution is 2.42. The quantitative estimate of drug-likeness (QED) is 0.339. The maximum atomic E-state index is 10.7. The van der Waals surface area contributed by atoms with Crippen LogP contribution in [0.1, 0.15) is 41.2 Å². The van der Waals surface area contributed by atoms with Gasteiger partial charge in [0.05, 0.1) is 25.5 Å². The summed E-state index contributed by atoms with van der Waals surface area (Å²) in [6.07, 6.45) is 7.11. The predicted molar refractivity (Wildman–Crippen MR) is 125 cm³/mol. The van der Waals surface area contributed by atoms with Crippen molar-refractivity contribution < 1.29 is 14.6 Å². The number of nitrogens with zero attached hydrogens (tertiary/aromatic N) is 2. The summed E-state index contributed by atoms with van der Waals surface area (Å²) in [7, 11) is 1.50. The zero-order valence-electron chi connectivity index (χ0n) is 18.4. The van der Waals surface area contributed by atoms with Crippen LogP contribution in [0.5, 0.6) is 5.88 Å². The van der Waals surface area contributed by atoms with E-state index in [1.807, 2.05) is 4.68 Å². The van der Waals surface area contributed by atoms with Crippen molar-refractivity contribution in [2.75, 3.05) is 32.1 Å². The number of hydrogen-bond donors (Lipinski definition) is 5. The van der Waals surface area contributed by atoms with E-state index in [1.165, 1.54) is 30.1 Å². The molecule has 174 valence electrons. The lowest BCUT2D eigenvalue weighted by Crippen LogP contribution is -2.60. The predicted octanol–water partition coefficient (Wildman–Crippen LogP) is 1.13. The number of anilines is 1. The summed E-state index contributed by atoms with van der Waals surface area (Å²) in [6.45, 7) is 3.77. The average Bonchev–Trinajstić information content (AvgIpc) is 3.53. The Morgan fingerprint density at radius 3 is 2.84 bits per heavy atom. The summed E-state index contributed by atoms with van der Waals surface area (Å²) >= 11 is 1.19. The smallest absolute Gasteiger partial charge is 0.227 e. The van der Waals surface area contributed by atoms with E-state index in [0.29, 0.717) is 0 Å². The van der Waals surface area contributed by atoms with Gasteiger partial charge in [0.1, 0.15) is 4.90 Å². The molecule has 6 rings (SSSR count). The lowest BCUT2D eigenvalue weighted by Gasteiger charge is -2.44. The molecule has 1 aromatic carbocycles. The molecule has 1 spiro atoms. The molecule has 0 bridgehead atoms. The van der Waals surface area contributed by atoms with Crippen LogP contribution >= 0.6 is 11.9 Å². The Labute approximate surface area is 192 Å². The van der Waals surface area contributed by atoms with Gasteiger partial charge in [0.2, 0.25) is 12.3 Å². The molecule has 1 fully saturated rings. The van der Waals surface area contributed by atoms with Crippen molar-refractivity contribution in [1.82, 2.24) is 15.1 Å². The third kappa shape index (κ3) is 4.13. The topological polar surface area (TPSA) is 140 Å². The molecule has 0 radical (unpaired) electrons. The van der Waals surface area contributed by atoms with Crippen LogP contribution in [-0.4, -0.2) is 48.0 Å². The van der Waals surface area contributed by atoms with Gasteiger partial charge in [-0.2, -0.15) is 5.10 Å². The number of aliphatic hydroxyl groups is 1. The van der Waals surface area contributed by atoms with Gasteiger partial charge in [0.25, 0.3) is 0 Å². The van der Waals surface area contributed by atoms with Crippen molar-refractivity contribution in [2.24, 2.45) is 16.3 Å². The number of ether oxygens (including phenoxy) is 1. The minimum atomic E-state index is -0.340. The molecule has 1 saturated heterocycles. The van der Waals surface area contributed by atoms with Gasteiger partial charge in [0.15, 0.2) is 0 Å². The molecule has 4 aliphatic rings. The minimum absolute atomic E-state index is 0.273. The molecule has 1 unspecified atom stereocenters. The van der Waals surface area contributed by atoms with Crippen LogP contribution in [0.4, 0.5) is 5.69 Å². The zero-order valence-corrected chi connectivity index (χ0v) is 19.2. The molecular formula is C22H32N6O3S. The lowest BCUT2D eigenvalue weighted by molar-refractivity contribution is -0.105. The van der Waals surface area contributed by atoms with Crippen LogP contribution in [0.15, 0.2) is 17.2 Å². The highest BCUT2D eigenvalue weighted by molar-refractivity contribution is 7.97. The fourth-order valence-electron chi connectivity index (χ4n) is 5.02. The normalized spacial score (nSPS) is 20.9. The molecule has 2 aliphatic carbocycles. The number of hydrogen-bond acceptors (Lipinski definition) is 8. The first kappa shape index (κ1) is 23.1. The summed E-state index contributed by atoms with van der Waals surface area (Å²) < 4.78 is 7.62.